The van der Waals surface area contributed by atoms with Crippen molar-refractivity contribution in [3.63, 3.8) is 0 Å². The Labute approximate surface area is 107 Å². The Balaban J connectivity index is 2.77. The summed E-state index contributed by atoms with van der Waals surface area (Å²) in [5.74, 6) is -0.213. The van der Waals surface area contributed by atoms with Gasteiger partial charge in [0, 0.05) is 24.4 Å². The summed E-state index contributed by atoms with van der Waals surface area (Å²) in [4.78, 5) is 11.8. The smallest absolute Gasteiger partial charge is 0.225 e. The zero-order valence-corrected chi connectivity index (χ0v) is 11.3. The first kappa shape index (κ1) is 14.7. The number of hydrogen-bond donors (Lipinski definition) is 2. The molecule has 6 heteroatoms. The Morgan fingerprint density at radius 3 is 2.67 bits per heavy atom. The lowest BCUT2D eigenvalue weighted by Gasteiger charge is -2.10. The van der Waals surface area contributed by atoms with Crippen LogP contribution in [0.5, 0.6) is 0 Å². The number of benzene rings is 1. The topological polar surface area (TPSA) is 89.3 Å². The van der Waals surface area contributed by atoms with Crippen LogP contribution < -0.4 is 11.1 Å². The molecular weight excluding hydrogens is 252 g/mol. The molecule has 0 saturated heterocycles. The fraction of sp³-hybridized carbons (Fsp3) is 0.417. The highest BCUT2D eigenvalue weighted by Gasteiger charge is 2.10. The second kappa shape index (κ2) is 5.97. The van der Waals surface area contributed by atoms with Crippen molar-refractivity contribution in [2.24, 2.45) is 5.73 Å². The summed E-state index contributed by atoms with van der Waals surface area (Å²) in [5.41, 5.74) is 6.13. The zero-order chi connectivity index (χ0) is 13.8. The molecule has 0 aliphatic carbocycles. The summed E-state index contributed by atoms with van der Waals surface area (Å²) in [6.07, 6.45) is 2.07. The number of carbonyl (C=O) groups is 1. The summed E-state index contributed by atoms with van der Waals surface area (Å²) >= 11 is 0. The van der Waals surface area contributed by atoms with Gasteiger partial charge < -0.3 is 11.1 Å². The highest BCUT2D eigenvalue weighted by molar-refractivity contribution is 7.90. The molecule has 0 aliphatic rings. The number of carbonyl (C=O) groups excluding carboxylic acids is 1. The van der Waals surface area contributed by atoms with Gasteiger partial charge in [-0.3, -0.25) is 4.79 Å². The maximum absolute atomic E-state index is 11.6. The van der Waals surface area contributed by atoms with Gasteiger partial charge in [0.05, 0.1) is 4.90 Å². The van der Waals surface area contributed by atoms with Gasteiger partial charge in [-0.1, -0.05) is 13.0 Å². The van der Waals surface area contributed by atoms with Crippen LogP contribution in [0.4, 0.5) is 5.69 Å². The van der Waals surface area contributed by atoms with E-state index in [1.807, 2.05) is 6.92 Å². The molecule has 0 heterocycles. The van der Waals surface area contributed by atoms with Gasteiger partial charge in [0.25, 0.3) is 0 Å². The van der Waals surface area contributed by atoms with Gasteiger partial charge in [-0.2, -0.15) is 0 Å². The predicted molar refractivity (Wildman–Crippen MR) is 71.1 cm³/mol. The van der Waals surface area contributed by atoms with Gasteiger partial charge in [-0.15, -0.1) is 0 Å². The van der Waals surface area contributed by atoms with Crippen molar-refractivity contribution in [3.05, 3.63) is 24.3 Å². The van der Waals surface area contributed by atoms with E-state index in [-0.39, 0.29) is 23.3 Å². The molecule has 1 amide bonds. The van der Waals surface area contributed by atoms with Gasteiger partial charge in [0.2, 0.25) is 5.91 Å². The second-order valence-corrected chi connectivity index (χ2v) is 6.24. The summed E-state index contributed by atoms with van der Waals surface area (Å²) in [7, 11) is -3.26. The normalized spacial score (nSPS) is 13.1. The van der Waals surface area contributed by atoms with Crippen molar-refractivity contribution in [1.29, 1.82) is 0 Å². The predicted octanol–water partition coefficient (Wildman–Crippen LogP) is 1.16. The molecule has 1 atom stereocenters. The van der Waals surface area contributed by atoms with Crippen LogP contribution in [0.1, 0.15) is 19.8 Å². The average molecular weight is 270 g/mol. The maximum Gasteiger partial charge on any atom is 0.225 e. The SMILES string of the molecule is CCC(N)CC(=O)Nc1cccc(S(C)(=O)=O)c1. The van der Waals surface area contributed by atoms with Gasteiger partial charge in [0.15, 0.2) is 9.84 Å². The second-order valence-electron chi connectivity index (χ2n) is 4.22. The van der Waals surface area contributed by atoms with Crippen LogP contribution in [0, 0.1) is 0 Å². The summed E-state index contributed by atoms with van der Waals surface area (Å²) in [6, 6.07) is 5.98. The molecule has 0 fully saturated rings. The summed E-state index contributed by atoms with van der Waals surface area (Å²) in [6.45, 7) is 1.90. The zero-order valence-electron chi connectivity index (χ0n) is 10.5. The Kier molecular flexibility index (Phi) is 4.86. The molecule has 1 unspecified atom stereocenters. The highest BCUT2D eigenvalue weighted by Crippen LogP contribution is 2.15. The van der Waals surface area contributed by atoms with Crippen LogP contribution in [0.3, 0.4) is 0 Å². The third-order valence-electron chi connectivity index (χ3n) is 2.52. The third-order valence-corrected chi connectivity index (χ3v) is 3.63. The van der Waals surface area contributed by atoms with Gasteiger partial charge in [-0.25, -0.2) is 8.42 Å². The van der Waals surface area contributed by atoms with E-state index in [4.69, 9.17) is 5.73 Å². The van der Waals surface area contributed by atoms with Crippen molar-refractivity contribution < 1.29 is 13.2 Å². The van der Waals surface area contributed by atoms with E-state index in [0.29, 0.717) is 5.69 Å². The molecule has 0 radical (unpaired) electrons. The third kappa shape index (κ3) is 4.46. The molecule has 0 aliphatic heterocycles. The van der Waals surface area contributed by atoms with E-state index < -0.39 is 9.84 Å². The van der Waals surface area contributed by atoms with Crippen LogP contribution in [-0.4, -0.2) is 26.6 Å². The van der Waals surface area contributed by atoms with Gasteiger partial charge in [0.1, 0.15) is 0 Å². The van der Waals surface area contributed by atoms with E-state index in [9.17, 15) is 13.2 Å². The minimum absolute atomic E-state index is 0.178. The van der Waals surface area contributed by atoms with E-state index in [1.165, 1.54) is 12.1 Å². The van der Waals surface area contributed by atoms with E-state index in [0.717, 1.165) is 12.7 Å². The molecule has 1 aromatic rings. The van der Waals surface area contributed by atoms with Crippen LogP contribution >= 0.6 is 0 Å². The van der Waals surface area contributed by atoms with Crippen LogP contribution in [0.25, 0.3) is 0 Å². The van der Waals surface area contributed by atoms with E-state index in [1.54, 1.807) is 12.1 Å². The molecule has 0 saturated carbocycles. The van der Waals surface area contributed by atoms with Crippen LogP contribution in [0.2, 0.25) is 0 Å². The number of nitrogens with two attached hydrogens (primary N) is 1. The largest absolute Gasteiger partial charge is 0.327 e. The molecule has 1 aromatic carbocycles. The van der Waals surface area contributed by atoms with E-state index >= 15 is 0 Å². The van der Waals surface area contributed by atoms with Crippen molar-refractivity contribution in [3.8, 4) is 0 Å². The fourth-order valence-corrected chi connectivity index (χ4v) is 2.07. The van der Waals surface area contributed by atoms with Crippen molar-refractivity contribution in [1.82, 2.24) is 0 Å². The van der Waals surface area contributed by atoms with Crippen LogP contribution in [0.15, 0.2) is 29.2 Å². The van der Waals surface area contributed by atoms with Crippen molar-refractivity contribution in [2.45, 2.75) is 30.7 Å². The first-order chi connectivity index (χ1) is 8.32. The first-order valence-electron chi connectivity index (χ1n) is 5.68. The Morgan fingerprint density at radius 1 is 1.44 bits per heavy atom. The molecule has 100 valence electrons. The molecule has 0 spiro atoms. The lowest BCUT2D eigenvalue weighted by atomic mass is 10.1. The Morgan fingerprint density at radius 2 is 2.11 bits per heavy atom. The van der Waals surface area contributed by atoms with Crippen molar-refractivity contribution in [2.75, 3.05) is 11.6 Å². The quantitative estimate of drug-likeness (QED) is 0.840. The number of amides is 1. The molecule has 3 N–H and O–H groups in total. The number of sulfone groups is 1. The van der Waals surface area contributed by atoms with Gasteiger partial charge >= 0.3 is 0 Å². The monoisotopic (exact) mass is 270 g/mol. The highest BCUT2D eigenvalue weighted by atomic mass is 32.2. The number of hydrogen-bond acceptors (Lipinski definition) is 4. The van der Waals surface area contributed by atoms with E-state index in [2.05, 4.69) is 5.32 Å². The lowest BCUT2D eigenvalue weighted by Crippen LogP contribution is -2.26. The Hall–Kier alpha value is -1.40. The number of anilines is 1. The Bertz CT molecular complexity index is 526. The van der Waals surface area contributed by atoms with Crippen LogP contribution in [-0.2, 0) is 14.6 Å². The molecule has 0 aromatic heterocycles. The summed E-state index contributed by atoms with van der Waals surface area (Å²) in [5, 5.41) is 2.64. The summed E-state index contributed by atoms with van der Waals surface area (Å²) < 4.78 is 22.7. The first-order valence-corrected chi connectivity index (χ1v) is 7.57. The minimum Gasteiger partial charge on any atom is -0.327 e. The minimum atomic E-state index is -3.26. The standard InChI is InChI=1S/C12H18N2O3S/c1-3-9(13)7-12(15)14-10-5-4-6-11(8-10)18(2,16)17/h4-6,8-9H,3,7,13H2,1-2H3,(H,14,15). The molecular formula is C12H18N2O3S. The van der Waals surface area contributed by atoms with Gasteiger partial charge in [-0.05, 0) is 24.6 Å². The molecule has 0 bridgehead atoms. The fourth-order valence-electron chi connectivity index (χ4n) is 1.40. The van der Waals surface area contributed by atoms with Crippen molar-refractivity contribution >= 4 is 21.4 Å². The maximum atomic E-state index is 11.6. The molecule has 1 rings (SSSR count). The molecule has 5 nitrogen and oxygen atoms in total. The number of nitrogens with one attached hydrogen (secondary N) is 1. The molecule has 18 heavy (non-hydrogen) atoms. The lowest BCUT2D eigenvalue weighted by molar-refractivity contribution is -0.116. The number of rotatable bonds is 5. The average Bonchev–Trinajstić information content (AvgIpc) is 2.27.